The number of ether oxygens (including phenoxy) is 1. The van der Waals surface area contributed by atoms with E-state index in [0.717, 1.165) is 75.7 Å². The van der Waals surface area contributed by atoms with Crippen LogP contribution in [0.1, 0.15) is 23.4 Å². The summed E-state index contributed by atoms with van der Waals surface area (Å²) in [5.74, 6) is 2.01. The minimum Gasteiger partial charge on any atom is -0.483 e. The molecule has 0 atom stereocenters. The molecule has 1 aliphatic rings. The molecule has 5 rings (SSSR count). The van der Waals surface area contributed by atoms with Gasteiger partial charge < -0.3 is 19.5 Å². The first-order chi connectivity index (χ1) is 15.6. The maximum absolute atomic E-state index is 5.82. The molecule has 0 amide bonds. The minimum absolute atomic E-state index is 0.638. The number of anilines is 1. The first-order valence-corrected chi connectivity index (χ1v) is 11.9. The van der Waals surface area contributed by atoms with Gasteiger partial charge in [-0.1, -0.05) is 17.4 Å². The van der Waals surface area contributed by atoms with Gasteiger partial charge in [0.25, 0.3) is 0 Å². The Hall–Kier alpha value is -2.97. The van der Waals surface area contributed by atoms with E-state index in [4.69, 9.17) is 19.7 Å². The van der Waals surface area contributed by atoms with Crippen molar-refractivity contribution in [3.05, 3.63) is 53.1 Å². The Kier molecular flexibility index (Phi) is 5.80. The zero-order valence-electron chi connectivity index (χ0n) is 18.8. The number of imidazole rings is 1. The van der Waals surface area contributed by atoms with Crippen LogP contribution < -0.4 is 15.0 Å². The van der Waals surface area contributed by atoms with Crippen LogP contribution in [0.2, 0.25) is 0 Å². The summed E-state index contributed by atoms with van der Waals surface area (Å²) < 4.78 is 8.04. The van der Waals surface area contributed by atoms with Crippen LogP contribution in [-0.2, 0) is 6.54 Å². The van der Waals surface area contributed by atoms with Crippen molar-refractivity contribution in [3.8, 4) is 16.2 Å². The van der Waals surface area contributed by atoms with E-state index in [0.29, 0.717) is 13.2 Å². The quantitative estimate of drug-likeness (QED) is 0.480. The van der Waals surface area contributed by atoms with E-state index >= 15 is 0 Å². The van der Waals surface area contributed by atoms with Crippen molar-refractivity contribution in [3.63, 3.8) is 0 Å². The Labute approximate surface area is 192 Å². The third kappa shape index (κ3) is 4.08. The third-order valence-electron chi connectivity index (χ3n) is 5.81. The summed E-state index contributed by atoms with van der Waals surface area (Å²) in [5, 5.41) is 5.30. The number of nitrogens with one attached hydrogen (secondary N) is 1. The Morgan fingerprint density at radius 1 is 1.06 bits per heavy atom. The van der Waals surface area contributed by atoms with Gasteiger partial charge in [0, 0.05) is 37.9 Å². The molecule has 0 unspecified atom stereocenters. The second-order valence-electron chi connectivity index (χ2n) is 7.99. The fourth-order valence-corrected chi connectivity index (χ4v) is 5.03. The lowest BCUT2D eigenvalue weighted by Crippen LogP contribution is -2.43. The lowest BCUT2D eigenvalue weighted by atomic mass is 10.1. The number of aromatic nitrogens is 4. The van der Waals surface area contributed by atoms with E-state index in [1.807, 2.05) is 27.0 Å². The van der Waals surface area contributed by atoms with Gasteiger partial charge in [-0.2, -0.15) is 0 Å². The second kappa shape index (κ2) is 8.88. The van der Waals surface area contributed by atoms with Gasteiger partial charge in [0.2, 0.25) is 0 Å². The lowest BCUT2D eigenvalue weighted by molar-refractivity contribution is 0.345. The molecule has 1 N–H and O–H groups in total. The van der Waals surface area contributed by atoms with Crippen molar-refractivity contribution in [2.45, 2.75) is 27.3 Å². The highest BCUT2D eigenvalue weighted by molar-refractivity contribution is 7.13. The number of benzene rings is 1. The normalized spacial score (nSPS) is 14.3. The Morgan fingerprint density at radius 2 is 1.88 bits per heavy atom. The monoisotopic (exact) mass is 448 g/mol. The Balaban J connectivity index is 1.46. The molecule has 0 bridgehead atoms. The number of hydrogen-bond donors (Lipinski definition) is 1. The van der Waals surface area contributed by atoms with Gasteiger partial charge in [0.1, 0.15) is 17.3 Å². The molecule has 0 spiro atoms. The number of fused-ring (bicyclic) bond motifs is 1. The predicted octanol–water partition coefficient (Wildman–Crippen LogP) is 4.03. The molecular weight excluding hydrogens is 420 g/mol. The fourth-order valence-electron chi connectivity index (χ4n) is 4.21. The molecule has 32 heavy (non-hydrogen) atoms. The van der Waals surface area contributed by atoms with Crippen LogP contribution in [0.5, 0.6) is 5.06 Å². The van der Waals surface area contributed by atoms with Crippen molar-refractivity contribution in [2.24, 2.45) is 0 Å². The molecule has 1 aliphatic heterocycles. The molecule has 3 aromatic heterocycles. The summed E-state index contributed by atoms with van der Waals surface area (Å²) in [5.41, 5.74) is 5.29. The zero-order valence-corrected chi connectivity index (χ0v) is 19.6. The minimum atomic E-state index is 0.638. The highest BCUT2D eigenvalue weighted by Crippen LogP contribution is 2.30. The number of piperazine rings is 1. The van der Waals surface area contributed by atoms with Crippen LogP contribution in [0.15, 0.2) is 36.5 Å². The lowest BCUT2D eigenvalue weighted by Gasteiger charge is -2.28. The van der Waals surface area contributed by atoms with Gasteiger partial charge in [0.05, 0.1) is 29.2 Å². The maximum atomic E-state index is 5.82. The van der Waals surface area contributed by atoms with Gasteiger partial charge in [-0.05, 0) is 50.6 Å². The average molecular weight is 449 g/mol. The molecule has 166 valence electrons. The number of hydrogen-bond acceptors (Lipinski definition) is 7. The molecule has 0 aliphatic carbocycles. The summed E-state index contributed by atoms with van der Waals surface area (Å²) >= 11 is 1.60. The SMILES string of the molecule is CCOc1sc(C)nc1Cn1c(C)nc2ccc(-c3ccc(N4CCNCC4)nc3)cc21. The summed E-state index contributed by atoms with van der Waals surface area (Å²) in [6.07, 6.45) is 1.98. The predicted molar refractivity (Wildman–Crippen MR) is 130 cm³/mol. The van der Waals surface area contributed by atoms with E-state index in [1.165, 1.54) is 0 Å². The van der Waals surface area contributed by atoms with Crippen molar-refractivity contribution >= 4 is 28.2 Å². The molecule has 7 nitrogen and oxygen atoms in total. The number of pyridine rings is 1. The highest BCUT2D eigenvalue weighted by Gasteiger charge is 2.16. The molecule has 0 saturated carbocycles. The van der Waals surface area contributed by atoms with Gasteiger partial charge in [0.15, 0.2) is 5.06 Å². The Morgan fingerprint density at radius 3 is 2.62 bits per heavy atom. The topological polar surface area (TPSA) is 68.1 Å². The highest BCUT2D eigenvalue weighted by atomic mass is 32.1. The van der Waals surface area contributed by atoms with Gasteiger partial charge in [-0.15, -0.1) is 0 Å². The summed E-state index contributed by atoms with van der Waals surface area (Å²) in [6, 6.07) is 10.7. The van der Waals surface area contributed by atoms with Crippen molar-refractivity contribution in [2.75, 3.05) is 37.7 Å². The summed E-state index contributed by atoms with van der Waals surface area (Å²) in [4.78, 5) is 16.6. The zero-order chi connectivity index (χ0) is 22.1. The average Bonchev–Trinajstić information content (AvgIpc) is 3.33. The van der Waals surface area contributed by atoms with Gasteiger partial charge in [-0.3, -0.25) is 0 Å². The van der Waals surface area contributed by atoms with Gasteiger partial charge in [-0.25, -0.2) is 15.0 Å². The number of rotatable bonds is 6. The second-order valence-corrected chi connectivity index (χ2v) is 9.16. The summed E-state index contributed by atoms with van der Waals surface area (Å²) in [7, 11) is 0. The first-order valence-electron chi connectivity index (χ1n) is 11.1. The van der Waals surface area contributed by atoms with Crippen LogP contribution >= 0.6 is 11.3 Å². The van der Waals surface area contributed by atoms with Gasteiger partial charge >= 0.3 is 0 Å². The first kappa shape index (κ1) is 20.9. The fraction of sp³-hybridized carbons (Fsp3) is 0.375. The summed E-state index contributed by atoms with van der Waals surface area (Å²) in [6.45, 7) is 11.4. The van der Waals surface area contributed by atoms with Crippen LogP contribution in [0.25, 0.3) is 22.2 Å². The van der Waals surface area contributed by atoms with E-state index in [2.05, 4.69) is 45.1 Å². The number of nitrogens with zero attached hydrogens (tertiary/aromatic N) is 5. The van der Waals surface area contributed by atoms with Crippen LogP contribution in [-0.4, -0.2) is 52.3 Å². The van der Waals surface area contributed by atoms with Crippen LogP contribution in [0.3, 0.4) is 0 Å². The standard InChI is InChI=1S/C24H28N6OS/c1-4-31-24-21(28-17(3)32-24)15-30-16(2)27-20-7-5-18(13-22(20)30)19-6-8-23(26-14-19)29-11-9-25-10-12-29/h5-8,13-14,25H,4,9-12,15H2,1-3H3. The molecule has 4 heterocycles. The Bertz CT molecular complexity index is 1220. The van der Waals surface area contributed by atoms with Crippen molar-refractivity contribution < 1.29 is 4.74 Å². The van der Waals surface area contributed by atoms with E-state index < -0.39 is 0 Å². The van der Waals surface area contributed by atoms with E-state index in [1.54, 1.807) is 11.3 Å². The number of thiazole rings is 1. The van der Waals surface area contributed by atoms with E-state index in [-0.39, 0.29) is 0 Å². The molecule has 8 heteroatoms. The van der Waals surface area contributed by atoms with E-state index in [9.17, 15) is 0 Å². The molecule has 1 fully saturated rings. The largest absolute Gasteiger partial charge is 0.483 e. The smallest absolute Gasteiger partial charge is 0.199 e. The molecule has 4 aromatic rings. The van der Waals surface area contributed by atoms with Crippen molar-refractivity contribution in [1.29, 1.82) is 0 Å². The molecular formula is C24H28N6OS. The molecule has 0 radical (unpaired) electrons. The van der Waals surface area contributed by atoms with Crippen molar-refractivity contribution in [1.82, 2.24) is 24.8 Å². The molecule has 1 aromatic carbocycles. The number of aryl methyl sites for hydroxylation is 2. The molecule has 1 saturated heterocycles. The third-order valence-corrected chi connectivity index (χ3v) is 6.74. The van der Waals surface area contributed by atoms with Crippen LogP contribution in [0, 0.1) is 13.8 Å². The van der Waals surface area contributed by atoms with Crippen LogP contribution in [0.4, 0.5) is 5.82 Å². The maximum Gasteiger partial charge on any atom is 0.199 e.